The number of aliphatic hydroxyl groups excluding tert-OH is 1. The lowest BCUT2D eigenvalue weighted by Crippen LogP contribution is -2.32. The summed E-state index contributed by atoms with van der Waals surface area (Å²) in [5.74, 6) is -1.95. The van der Waals surface area contributed by atoms with Crippen molar-refractivity contribution < 1.29 is 32.9 Å². The Bertz CT molecular complexity index is 468. The van der Waals surface area contributed by atoms with Gasteiger partial charge in [-0.3, -0.25) is 4.79 Å². The molecular formula is C12H13F3O4. The summed E-state index contributed by atoms with van der Waals surface area (Å²) in [5.41, 5.74) is -1.88. The minimum absolute atomic E-state index is 0.229. The van der Waals surface area contributed by atoms with E-state index >= 15 is 0 Å². The Hall–Kier alpha value is -1.76. The van der Waals surface area contributed by atoms with Gasteiger partial charge >= 0.3 is 12.3 Å². The molecule has 0 aromatic heterocycles. The van der Waals surface area contributed by atoms with Gasteiger partial charge in [0.15, 0.2) is 0 Å². The Morgan fingerprint density at radius 2 is 1.79 bits per heavy atom. The van der Waals surface area contributed by atoms with Crippen molar-refractivity contribution in [1.29, 1.82) is 0 Å². The van der Waals surface area contributed by atoms with Gasteiger partial charge in [0, 0.05) is 5.56 Å². The maximum Gasteiger partial charge on any atom is 0.573 e. The number of halogens is 3. The number of carboxylic acids is 1. The van der Waals surface area contributed by atoms with Crippen molar-refractivity contribution in [3.8, 4) is 5.75 Å². The molecule has 0 heterocycles. The van der Waals surface area contributed by atoms with Crippen LogP contribution in [-0.4, -0.2) is 22.5 Å². The molecule has 0 bridgehead atoms. The lowest BCUT2D eigenvalue weighted by molar-refractivity contribution is -0.275. The van der Waals surface area contributed by atoms with Gasteiger partial charge in [-0.15, -0.1) is 13.2 Å². The number of hydrogen-bond donors (Lipinski definition) is 2. The van der Waals surface area contributed by atoms with E-state index in [9.17, 15) is 23.1 Å². The molecule has 0 radical (unpaired) electrons. The molecule has 0 amide bonds. The highest BCUT2D eigenvalue weighted by Gasteiger charge is 2.40. The van der Waals surface area contributed by atoms with Gasteiger partial charge in [0.05, 0.1) is 11.5 Å². The predicted octanol–water partition coefficient (Wildman–Crippen LogP) is 2.73. The molecule has 106 valence electrons. The molecule has 1 atom stereocenters. The van der Waals surface area contributed by atoms with Gasteiger partial charge in [0.2, 0.25) is 0 Å². The van der Waals surface area contributed by atoms with Gasteiger partial charge in [0.25, 0.3) is 0 Å². The monoisotopic (exact) mass is 278 g/mol. The largest absolute Gasteiger partial charge is 0.573 e. The minimum atomic E-state index is -4.91. The molecule has 2 N–H and O–H groups in total. The van der Waals surface area contributed by atoms with E-state index in [0.29, 0.717) is 0 Å². The molecule has 1 aromatic rings. The fourth-order valence-electron chi connectivity index (χ4n) is 1.43. The summed E-state index contributed by atoms with van der Waals surface area (Å²) >= 11 is 0. The zero-order valence-electron chi connectivity index (χ0n) is 10.2. The smallest absolute Gasteiger partial charge is 0.481 e. The van der Waals surface area contributed by atoms with E-state index < -0.39 is 29.6 Å². The second-order valence-electron chi connectivity index (χ2n) is 4.52. The van der Waals surface area contributed by atoms with Crippen molar-refractivity contribution in [1.82, 2.24) is 0 Å². The van der Waals surface area contributed by atoms with Crippen LogP contribution in [-0.2, 0) is 4.79 Å². The van der Waals surface area contributed by atoms with Crippen LogP contribution in [0.5, 0.6) is 5.75 Å². The Morgan fingerprint density at radius 1 is 1.26 bits per heavy atom. The number of benzene rings is 1. The number of rotatable bonds is 4. The molecule has 0 spiro atoms. The maximum absolute atomic E-state index is 12.2. The Labute approximate surface area is 107 Å². The predicted molar refractivity (Wildman–Crippen MR) is 59.5 cm³/mol. The molecule has 1 unspecified atom stereocenters. The number of carboxylic acid groups (broad SMARTS) is 1. The fourth-order valence-corrected chi connectivity index (χ4v) is 1.43. The average Bonchev–Trinajstić information content (AvgIpc) is 2.26. The van der Waals surface area contributed by atoms with E-state index in [1.54, 1.807) is 0 Å². The summed E-state index contributed by atoms with van der Waals surface area (Å²) in [7, 11) is 0. The lowest BCUT2D eigenvalue weighted by Gasteiger charge is -2.27. The first-order chi connectivity index (χ1) is 8.55. The summed E-state index contributed by atoms with van der Waals surface area (Å²) in [4.78, 5) is 11.0. The third-order valence-corrected chi connectivity index (χ3v) is 2.67. The van der Waals surface area contributed by atoms with E-state index in [1.807, 2.05) is 0 Å². The number of aliphatic hydroxyl groups is 1. The molecule has 4 nitrogen and oxygen atoms in total. The van der Waals surface area contributed by atoms with Crippen LogP contribution in [0.15, 0.2) is 24.3 Å². The Morgan fingerprint density at radius 3 is 2.26 bits per heavy atom. The summed E-state index contributed by atoms with van der Waals surface area (Å²) in [6.07, 6.45) is -6.55. The third kappa shape index (κ3) is 3.60. The van der Waals surface area contributed by atoms with Crippen molar-refractivity contribution in [3.05, 3.63) is 29.8 Å². The average molecular weight is 278 g/mol. The molecule has 0 aliphatic heterocycles. The molecule has 0 saturated carbocycles. The zero-order valence-corrected chi connectivity index (χ0v) is 10.2. The van der Waals surface area contributed by atoms with E-state index in [2.05, 4.69) is 4.74 Å². The van der Waals surface area contributed by atoms with Crippen molar-refractivity contribution in [2.45, 2.75) is 26.3 Å². The van der Waals surface area contributed by atoms with Crippen molar-refractivity contribution in [2.75, 3.05) is 0 Å². The number of ether oxygens (including phenoxy) is 1. The number of alkyl halides is 3. The Kier molecular flexibility index (Phi) is 4.09. The summed E-state index contributed by atoms with van der Waals surface area (Å²) in [6.45, 7) is 2.43. The highest BCUT2D eigenvalue weighted by molar-refractivity contribution is 5.75. The summed E-state index contributed by atoms with van der Waals surface area (Å²) in [5, 5.41) is 18.9. The third-order valence-electron chi connectivity index (χ3n) is 2.67. The van der Waals surface area contributed by atoms with E-state index in [4.69, 9.17) is 5.11 Å². The minimum Gasteiger partial charge on any atom is -0.481 e. The molecule has 19 heavy (non-hydrogen) atoms. The van der Waals surface area contributed by atoms with Gasteiger partial charge in [-0.2, -0.15) is 0 Å². The van der Waals surface area contributed by atoms with Gasteiger partial charge in [-0.1, -0.05) is 18.2 Å². The van der Waals surface area contributed by atoms with Crippen LogP contribution in [0.3, 0.4) is 0 Å². The second-order valence-corrected chi connectivity index (χ2v) is 4.52. The van der Waals surface area contributed by atoms with Crippen LogP contribution >= 0.6 is 0 Å². The molecule has 1 rings (SSSR count). The van der Waals surface area contributed by atoms with Crippen molar-refractivity contribution in [3.63, 3.8) is 0 Å². The van der Waals surface area contributed by atoms with Gasteiger partial charge in [-0.05, 0) is 19.9 Å². The van der Waals surface area contributed by atoms with E-state index in [-0.39, 0.29) is 5.56 Å². The topological polar surface area (TPSA) is 66.8 Å². The normalized spacial score (nSPS) is 14.0. The SMILES string of the molecule is CC(C)(C(=O)O)C(O)c1ccccc1OC(F)(F)F. The number of aliphatic carboxylic acids is 1. The second kappa shape index (κ2) is 5.08. The van der Waals surface area contributed by atoms with Crippen LogP contribution in [0.2, 0.25) is 0 Å². The molecule has 0 fully saturated rings. The lowest BCUT2D eigenvalue weighted by atomic mass is 9.82. The van der Waals surface area contributed by atoms with Crippen LogP contribution in [0.25, 0.3) is 0 Å². The molecule has 7 heteroatoms. The maximum atomic E-state index is 12.2. The zero-order chi connectivity index (χ0) is 14.8. The van der Waals surface area contributed by atoms with Crippen LogP contribution < -0.4 is 4.74 Å². The number of para-hydroxylation sites is 1. The molecule has 0 aliphatic rings. The van der Waals surface area contributed by atoms with Crippen LogP contribution in [0, 0.1) is 5.41 Å². The summed E-state index contributed by atoms with van der Waals surface area (Å²) in [6, 6.07) is 4.89. The highest BCUT2D eigenvalue weighted by atomic mass is 19.4. The fraction of sp³-hybridized carbons (Fsp3) is 0.417. The molecule has 1 aromatic carbocycles. The highest BCUT2D eigenvalue weighted by Crippen LogP contribution is 2.39. The van der Waals surface area contributed by atoms with Gasteiger partial charge in [-0.25, -0.2) is 0 Å². The van der Waals surface area contributed by atoms with E-state index in [0.717, 1.165) is 6.07 Å². The molecular weight excluding hydrogens is 265 g/mol. The van der Waals surface area contributed by atoms with Crippen molar-refractivity contribution >= 4 is 5.97 Å². The molecule has 0 saturated heterocycles. The quantitative estimate of drug-likeness (QED) is 0.888. The van der Waals surface area contributed by atoms with E-state index in [1.165, 1.54) is 32.0 Å². The first-order valence-electron chi connectivity index (χ1n) is 5.32. The van der Waals surface area contributed by atoms with Gasteiger partial charge < -0.3 is 14.9 Å². The molecule has 0 aliphatic carbocycles. The Balaban J connectivity index is 3.17. The first-order valence-corrected chi connectivity index (χ1v) is 5.32. The number of hydrogen-bond acceptors (Lipinski definition) is 3. The standard InChI is InChI=1S/C12H13F3O4/c1-11(2,10(17)18)9(16)7-5-3-4-6-8(7)19-12(13,14)15/h3-6,9,16H,1-2H3,(H,17,18). The van der Waals surface area contributed by atoms with Crippen molar-refractivity contribution in [2.24, 2.45) is 5.41 Å². The first kappa shape index (κ1) is 15.3. The van der Waals surface area contributed by atoms with Crippen LogP contribution in [0.4, 0.5) is 13.2 Å². The number of carbonyl (C=O) groups is 1. The van der Waals surface area contributed by atoms with Crippen LogP contribution in [0.1, 0.15) is 25.5 Å². The van der Waals surface area contributed by atoms with Gasteiger partial charge in [0.1, 0.15) is 5.75 Å². The summed E-state index contributed by atoms with van der Waals surface area (Å²) < 4.78 is 40.4.